The number of halogens is 2. The Kier molecular flexibility index (Phi) is 5.98. The number of ether oxygens (including phenoxy) is 1. The molecule has 0 saturated carbocycles. The molecule has 1 aromatic carbocycles. The van der Waals surface area contributed by atoms with Crippen molar-refractivity contribution in [3.63, 3.8) is 0 Å². The van der Waals surface area contributed by atoms with Crippen molar-refractivity contribution in [3.05, 3.63) is 33.3 Å². The van der Waals surface area contributed by atoms with Gasteiger partial charge >= 0.3 is 11.9 Å². The maximum absolute atomic E-state index is 12.0. The molecule has 0 bridgehead atoms. The highest BCUT2D eigenvalue weighted by Gasteiger charge is 2.27. The van der Waals surface area contributed by atoms with Crippen LogP contribution in [-0.4, -0.2) is 47.1 Å². The van der Waals surface area contributed by atoms with Gasteiger partial charge in [-0.3, -0.25) is 0 Å². The van der Waals surface area contributed by atoms with Crippen molar-refractivity contribution in [1.82, 2.24) is 0 Å². The average Bonchev–Trinajstić information content (AvgIpc) is 2.46. The number of rotatable bonds is 6. The van der Waals surface area contributed by atoms with Gasteiger partial charge in [-0.1, -0.05) is 30.1 Å². The Morgan fingerprint density at radius 2 is 1.62 bits per heavy atom. The summed E-state index contributed by atoms with van der Waals surface area (Å²) >= 11 is 11.5. The van der Waals surface area contributed by atoms with Crippen LogP contribution in [0.3, 0.4) is 0 Å². The van der Waals surface area contributed by atoms with Crippen LogP contribution in [0, 0.1) is 5.41 Å². The van der Waals surface area contributed by atoms with E-state index in [1.807, 2.05) is 0 Å². The lowest BCUT2D eigenvalue weighted by Crippen LogP contribution is -2.33. The number of aliphatic hydroxyl groups is 2. The standard InChI is InChI=1S/C13H14Cl2O6/c1-13(4-16,5-17)6-21-12(20)8-3-10(15)9(14)2-7(8)11(18)19/h2-3,16-17H,4-6H2,1H3,(H,18,19). The van der Waals surface area contributed by atoms with E-state index in [4.69, 9.17) is 43.3 Å². The largest absolute Gasteiger partial charge is 0.478 e. The monoisotopic (exact) mass is 336 g/mol. The number of hydrogen-bond donors (Lipinski definition) is 3. The molecule has 116 valence electrons. The molecule has 0 atom stereocenters. The Hall–Kier alpha value is -1.34. The maximum atomic E-state index is 12.0. The SMILES string of the molecule is CC(CO)(CO)COC(=O)c1cc(Cl)c(Cl)cc1C(=O)O. The molecule has 0 aromatic heterocycles. The molecule has 3 N–H and O–H groups in total. The van der Waals surface area contributed by atoms with Crippen molar-refractivity contribution in [2.45, 2.75) is 6.92 Å². The molecule has 0 unspecified atom stereocenters. The molecule has 0 aliphatic heterocycles. The van der Waals surface area contributed by atoms with Gasteiger partial charge in [-0.2, -0.15) is 0 Å². The van der Waals surface area contributed by atoms with Gasteiger partial charge in [0, 0.05) is 5.41 Å². The molecule has 0 radical (unpaired) electrons. The maximum Gasteiger partial charge on any atom is 0.339 e. The summed E-state index contributed by atoms with van der Waals surface area (Å²) in [4.78, 5) is 23.1. The second kappa shape index (κ2) is 7.09. The molecular weight excluding hydrogens is 323 g/mol. The highest BCUT2D eigenvalue weighted by Crippen LogP contribution is 2.27. The van der Waals surface area contributed by atoms with Crippen molar-refractivity contribution in [2.75, 3.05) is 19.8 Å². The lowest BCUT2D eigenvalue weighted by molar-refractivity contribution is -0.00645. The predicted octanol–water partition coefficient (Wildman–Crippen LogP) is 1.84. The Bertz CT molecular complexity index is 554. The van der Waals surface area contributed by atoms with E-state index in [1.54, 1.807) is 0 Å². The summed E-state index contributed by atoms with van der Waals surface area (Å²) in [7, 11) is 0. The van der Waals surface area contributed by atoms with Gasteiger partial charge in [0.1, 0.15) is 6.61 Å². The Labute approximate surface area is 130 Å². The number of carboxylic acid groups (broad SMARTS) is 1. The molecule has 0 aliphatic rings. The summed E-state index contributed by atoms with van der Waals surface area (Å²) in [5, 5.41) is 27.3. The Balaban J connectivity index is 3.02. The molecule has 0 amide bonds. The fourth-order valence-corrected chi connectivity index (χ4v) is 1.68. The van der Waals surface area contributed by atoms with E-state index in [9.17, 15) is 9.59 Å². The van der Waals surface area contributed by atoms with Gasteiger partial charge in [0.2, 0.25) is 0 Å². The first-order valence-corrected chi connectivity index (χ1v) is 6.61. The van der Waals surface area contributed by atoms with Crippen molar-refractivity contribution in [2.24, 2.45) is 5.41 Å². The Morgan fingerprint density at radius 3 is 2.05 bits per heavy atom. The van der Waals surface area contributed by atoms with Crippen molar-refractivity contribution in [3.8, 4) is 0 Å². The van der Waals surface area contributed by atoms with Crippen molar-refractivity contribution >= 4 is 35.1 Å². The molecule has 0 heterocycles. The van der Waals surface area contributed by atoms with Gasteiger partial charge < -0.3 is 20.1 Å². The summed E-state index contributed by atoms with van der Waals surface area (Å²) in [5.41, 5.74) is -1.62. The van der Waals surface area contributed by atoms with Crippen LogP contribution in [-0.2, 0) is 4.74 Å². The average molecular weight is 337 g/mol. The molecule has 1 aromatic rings. The third kappa shape index (κ3) is 4.31. The van der Waals surface area contributed by atoms with Gasteiger partial charge in [0.05, 0.1) is 34.4 Å². The molecule has 0 saturated heterocycles. The van der Waals surface area contributed by atoms with E-state index >= 15 is 0 Å². The molecule has 0 fully saturated rings. The van der Waals surface area contributed by atoms with Crippen LogP contribution in [0.5, 0.6) is 0 Å². The second-order valence-electron chi connectivity index (χ2n) is 4.82. The van der Waals surface area contributed by atoms with E-state index < -0.39 is 30.6 Å². The number of aromatic carboxylic acids is 1. The molecular formula is C13H14Cl2O6. The minimum absolute atomic E-state index is 0.00108. The van der Waals surface area contributed by atoms with E-state index in [-0.39, 0.29) is 27.8 Å². The summed E-state index contributed by atoms with van der Waals surface area (Å²) in [5.74, 6) is -2.29. The molecule has 0 aliphatic carbocycles. The van der Waals surface area contributed by atoms with Crippen LogP contribution in [0.1, 0.15) is 27.6 Å². The predicted molar refractivity (Wildman–Crippen MR) is 76.0 cm³/mol. The molecule has 21 heavy (non-hydrogen) atoms. The van der Waals surface area contributed by atoms with Gasteiger partial charge in [-0.25, -0.2) is 9.59 Å². The van der Waals surface area contributed by atoms with Gasteiger partial charge in [0.25, 0.3) is 0 Å². The van der Waals surface area contributed by atoms with Crippen LogP contribution in [0.4, 0.5) is 0 Å². The Morgan fingerprint density at radius 1 is 1.14 bits per heavy atom. The molecule has 1 rings (SSSR count). The number of carbonyl (C=O) groups excluding carboxylic acids is 1. The summed E-state index contributed by atoms with van der Waals surface area (Å²) < 4.78 is 4.94. The number of aliphatic hydroxyl groups excluding tert-OH is 2. The minimum atomic E-state index is -1.35. The number of carbonyl (C=O) groups is 2. The number of hydrogen-bond acceptors (Lipinski definition) is 5. The van der Waals surface area contributed by atoms with Crippen LogP contribution in [0.15, 0.2) is 12.1 Å². The number of esters is 1. The normalized spacial score (nSPS) is 11.3. The first kappa shape index (κ1) is 17.7. The summed E-state index contributed by atoms with van der Waals surface area (Å²) in [6, 6.07) is 2.16. The lowest BCUT2D eigenvalue weighted by atomic mass is 9.94. The lowest BCUT2D eigenvalue weighted by Gasteiger charge is -2.23. The molecule has 8 heteroatoms. The zero-order valence-corrected chi connectivity index (χ0v) is 12.6. The topological polar surface area (TPSA) is 104 Å². The third-order valence-electron chi connectivity index (χ3n) is 2.83. The van der Waals surface area contributed by atoms with Crippen LogP contribution >= 0.6 is 23.2 Å². The number of carboxylic acids is 1. The summed E-state index contributed by atoms with van der Waals surface area (Å²) in [6.07, 6.45) is 0. The quantitative estimate of drug-likeness (QED) is 0.684. The van der Waals surface area contributed by atoms with E-state index in [2.05, 4.69) is 0 Å². The van der Waals surface area contributed by atoms with Crippen LogP contribution in [0.25, 0.3) is 0 Å². The third-order valence-corrected chi connectivity index (χ3v) is 3.55. The minimum Gasteiger partial charge on any atom is -0.478 e. The van der Waals surface area contributed by atoms with E-state index in [0.717, 1.165) is 12.1 Å². The first-order chi connectivity index (χ1) is 9.74. The van der Waals surface area contributed by atoms with Crippen LogP contribution in [0.2, 0.25) is 10.0 Å². The van der Waals surface area contributed by atoms with Gasteiger partial charge in [-0.15, -0.1) is 0 Å². The van der Waals surface area contributed by atoms with Crippen molar-refractivity contribution < 1.29 is 29.6 Å². The van der Waals surface area contributed by atoms with Gasteiger partial charge in [0.15, 0.2) is 0 Å². The van der Waals surface area contributed by atoms with Gasteiger partial charge in [-0.05, 0) is 12.1 Å². The highest BCUT2D eigenvalue weighted by atomic mass is 35.5. The summed E-state index contributed by atoms with van der Waals surface area (Å²) in [6.45, 7) is 0.430. The smallest absolute Gasteiger partial charge is 0.339 e. The zero-order valence-electron chi connectivity index (χ0n) is 11.1. The molecule has 0 spiro atoms. The highest BCUT2D eigenvalue weighted by molar-refractivity contribution is 6.42. The number of benzene rings is 1. The fraction of sp³-hybridized carbons (Fsp3) is 0.385. The van der Waals surface area contributed by atoms with Crippen molar-refractivity contribution in [1.29, 1.82) is 0 Å². The molecule has 6 nitrogen and oxygen atoms in total. The van der Waals surface area contributed by atoms with E-state index in [0.29, 0.717) is 0 Å². The zero-order chi connectivity index (χ0) is 16.2. The fourth-order valence-electron chi connectivity index (χ4n) is 1.35. The van der Waals surface area contributed by atoms with Crippen LogP contribution < -0.4 is 0 Å². The first-order valence-electron chi connectivity index (χ1n) is 5.85. The second-order valence-corrected chi connectivity index (χ2v) is 5.63. The van der Waals surface area contributed by atoms with E-state index in [1.165, 1.54) is 6.92 Å².